The number of aliphatic hydroxyl groups excluding tert-OH is 1. The molecule has 1 saturated carbocycles. The third-order valence-electron chi connectivity index (χ3n) is 4.59. The van der Waals surface area contributed by atoms with Crippen molar-refractivity contribution in [3.63, 3.8) is 0 Å². The van der Waals surface area contributed by atoms with Crippen LogP contribution < -0.4 is 9.47 Å². The van der Waals surface area contributed by atoms with Gasteiger partial charge < -0.3 is 19.1 Å². The summed E-state index contributed by atoms with van der Waals surface area (Å²) in [6.07, 6.45) is 7.31. The summed E-state index contributed by atoms with van der Waals surface area (Å²) in [7, 11) is 3.30. The molecular weight excluding hydrogens is 292 g/mol. The van der Waals surface area contributed by atoms with Gasteiger partial charge >= 0.3 is 0 Å². The van der Waals surface area contributed by atoms with Crippen molar-refractivity contribution in [1.29, 1.82) is 0 Å². The highest BCUT2D eigenvalue weighted by atomic mass is 16.5. The summed E-state index contributed by atoms with van der Waals surface area (Å²) in [6.45, 7) is 2.04. The van der Waals surface area contributed by atoms with Crippen molar-refractivity contribution in [2.24, 2.45) is 0 Å². The molecule has 2 aromatic rings. The van der Waals surface area contributed by atoms with E-state index in [4.69, 9.17) is 9.47 Å². The molecule has 23 heavy (non-hydrogen) atoms. The fourth-order valence-corrected chi connectivity index (χ4v) is 3.42. The molecular formula is C18H24N2O3. The number of ether oxygens (including phenoxy) is 2. The van der Waals surface area contributed by atoms with E-state index in [1.165, 1.54) is 0 Å². The molecule has 1 heterocycles. The van der Waals surface area contributed by atoms with Gasteiger partial charge in [-0.2, -0.15) is 0 Å². The number of aliphatic hydroxyl groups is 1. The lowest BCUT2D eigenvalue weighted by Gasteiger charge is -2.28. The molecule has 0 saturated heterocycles. The Labute approximate surface area is 136 Å². The second-order valence-corrected chi connectivity index (χ2v) is 6.17. The van der Waals surface area contributed by atoms with Crippen molar-refractivity contribution in [3.05, 3.63) is 30.1 Å². The van der Waals surface area contributed by atoms with Crippen LogP contribution in [-0.4, -0.2) is 35.0 Å². The number of aromatic nitrogens is 2. The summed E-state index contributed by atoms with van der Waals surface area (Å²) in [4.78, 5) is 4.57. The highest BCUT2D eigenvalue weighted by Crippen LogP contribution is 2.40. The topological polar surface area (TPSA) is 56.5 Å². The van der Waals surface area contributed by atoms with Crippen molar-refractivity contribution in [1.82, 2.24) is 9.55 Å². The highest BCUT2D eigenvalue weighted by molar-refractivity contribution is 5.70. The summed E-state index contributed by atoms with van der Waals surface area (Å²) < 4.78 is 13.3. The van der Waals surface area contributed by atoms with Crippen LogP contribution in [-0.2, 0) is 0 Å². The first-order chi connectivity index (χ1) is 11.1. The quantitative estimate of drug-likeness (QED) is 0.940. The van der Waals surface area contributed by atoms with Gasteiger partial charge in [0.15, 0.2) is 11.5 Å². The Morgan fingerprint density at radius 3 is 2.52 bits per heavy atom. The summed E-state index contributed by atoms with van der Waals surface area (Å²) in [5, 5.41) is 9.74. The molecule has 1 aliphatic rings. The maximum absolute atomic E-state index is 9.74. The Kier molecular flexibility index (Phi) is 4.57. The predicted octanol–water partition coefficient (Wildman–Crippen LogP) is 3.35. The predicted molar refractivity (Wildman–Crippen MR) is 89.0 cm³/mol. The van der Waals surface area contributed by atoms with E-state index in [0.717, 1.165) is 48.4 Å². The molecule has 124 valence electrons. The smallest absolute Gasteiger partial charge is 0.171 e. The van der Waals surface area contributed by atoms with Gasteiger partial charge in [-0.15, -0.1) is 0 Å². The number of nitrogens with zero attached hydrogens (tertiary/aromatic N) is 2. The Balaban J connectivity index is 2.03. The largest absolute Gasteiger partial charge is 0.493 e. The van der Waals surface area contributed by atoms with Gasteiger partial charge in [0, 0.05) is 18.4 Å². The average Bonchev–Trinajstić information content (AvgIpc) is 3.04. The molecule has 0 aliphatic heterocycles. The zero-order chi connectivity index (χ0) is 16.4. The molecule has 1 aliphatic carbocycles. The first-order valence-corrected chi connectivity index (χ1v) is 8.08. The Bertz CT molecular complexity index is 673. The first-order valence-electron chi connectivity index (χ1n) is 8.08. The van der Waals surface area contributed by atoms with Gasteiger partial charge in [-0.25, -0.2) is 4.98 Å². The van der Waals surface area contributed by atoms with Gasteiger partial charge in [-0.3, -0.25) is 0 Å². The monoisotopic (exact) mass is 316 g/mol. The van der Waals surface area contributed by atoms with Crippen LogP contribution in [0.25, 0.3) is 11.4 Å². The van der Waals surface area contributed by atoms with Gasteiger partial charge in [-0.05, 0) is 50.3 Å². The van der Waals surface area contributed by atoms with E-state index in [9.17, 15) is 5.11 Å². The van der Waals surface area contributed by atoms with Crippen LogP contribution in [0, 0.1) is 6.92 Å². The van der Waals surface area contributed by atoms with Gasteiger partial charge in [0.05, 0.1) is 25.9 Å². The van der Waals surface area contributed by atoms with E-state index in [1.807, 2.05) is 25.4 Å². The second kappa shape index (κ2) is 6.62. The number of aryl methyl sites for hydroxylation is 1. The van der Waals surface area contributed by atoms with E-state index >= 15 is 0 Å². The van der Waals surface area contributed by atoms with Crippen molar-refractivity contribution in [2.45, 2.75) is 44.8 Å². The van der Waals surface area contributed by atoms with Crippen molar-refractivity contribution in [3.8, 4) is 22.9 Å². The minimum Gasteiger partial charge on any atom is -0.493 e. The standard InChI is InChI=1S/C18H24N2O3/c1-12-10-15(17(23-3)16(11-12)22-2)18-19-8-9-20(18)13-4-6-14(21)7-5-13/h8-11,13-14,21H,4-7H2,1-3H3. The van der Waals surface area contributed by atoms with Crippen molar-refractivity contribution >= 4 is 0 Å². The molecule has 0 amide bonds. The zero-order valence-electron chi connectivity index (χ0n) is 14.0. The summed E-state index contributed by atoms with van der Waals surface area (Å²) in [6, 6.07) is 4.41. The molecule has 0 bridgehead atoms. The van der Waals surface area contributed by atoms with E-state index in [-0.39, 0.29) is 6.10 Å². The third kappa shape index (κ3) is 3.06. The summed E-state index contributed by atoms with van der Waals surface area (Å²) in [5.74, 6) is 2.32. The molecule has 0 atom stereocenters. The lowest BCUT2D eigenvalue weighted by molar-refractivity contribution is 0.111. The normalized spacial score (nSPS) is 21.2. The molecule has 5 nitrogen and oxygen atoms in total. The lowest BCUT2D eigenvalue weighted by Crippen LogP contribution is -2.21. The third-order valence-corrected chi connectivity index (χ3v) is 4.59. The molecule has 0 radical (unpaired) electrons. The number of rotatable bonds is 4. The number of hydrogen-bond acceptors (Lipinski definition) is 4. The number of benzene rings is 1. The average molecular weight is 316 g/mol. The minimum atomic E-state index is -0.160. The minimum absolute atomic E-state index is 0.160. The second-order valence-electron chi connectivity index (χ2n) is 6.17. The number of hydrogen-bond donors (Lipinski definition) is 1. The van der Waals surface area contributed by atoms with E-state index in [0.29, 0.717) is 11.8 Å². The van der Waals surface area contributed by atoms with Crippen LogP contribution in [0.15, 0.2) is 24.5 Å². The van der Waals surface area contributed by atoms with Gasteiger partial charge in [0.1, 0.15) is 5.82 Å². The number of imidazole rings is 1. The maximum atomic E-state index is 9.74. The van der Waals surface area contributed by atoms with Crippen LogP contribution in [0.2, 0.25) is 0 Å². The van der Waals surface area contributed by atoms with Crippen molar-refractivity contribution < 1.29 is 14.6 Å². The molecule has 1 fully saturated rings. The van der Waals surface area contributed by atoms with Gasteiger partial charge in [0.25, 0.3) is 0 Å². The van der Waals surface area contributed by atoms with Crippen LogP contribution in [0.4, 0.5) is 0 Å². The molecule has 1 aromatic carbocycles. The fourth-order valence-electron chi connectivity index (χ4n) is 3.42. The molecule has 5 heteroatoms. The Hall–Kier alpha value is -2.01. The molecule has 1 N–H and O–H groups in total. The SMILES string of the molecule is COc1cc(C)cc(-c2nccn2C2CCC(O)CC2)c1OC. The number of methoxy groups -OCH3 is 2. The van der Waals surface area contributed by atoms with Crippen LogP contribution in [0.1, 0.15) is 37.3 Å². The van der Waals surface area contributed by atoms with E-state index < -0.39 is 0 Å². The Morgan fingerprint density at radius 2 is 1.87 bits per heavy atom. The molecule has 0 spiro atoms. The fraction of sp³-hybridized carbons (Fsp3) is 0.500. The molecule has 0 unspecified atom stereocenters. The zero-order valence-corrected chi connectivity index (χ0v) is 14.0. The van der Waals surface area contributed by atoms with E-state index in [2.05, 4.69) is 15.6 Å². The van der Waals surface area contributed by atoms with Crippen LogP contribution in [0.5, 0.6) is 11.5 Å². The first kappa shape index (κ1) is 15.9. The highest BCUT2D eigenvalue weighted by Gasteiger charge is 2.24. The van der Waals surface area contributed by atoms with Gasteiger partial charge in [-0.1, -0.05) is 0 Å². The van der Waals surface area contributed by atoms with Crippen LogP contribution >= 0.6 is 0 Å². The molecule has 1 aromatic heterocycles. The van der Waals surface area contributed by atoms with Gasteiger partial charge in [0.2, 0.25) is 0 Å². The Morgan fingerprint density at radius 1 is 1.13 bits per heavy atom. The molecule has 3 rings (SSSR count). The van der Waals surface area contributed by atoms with Crippen molar-refractivity contribution in [2.75, 3.05) is 14.2 Å². The van der Waals surface area contributed by atoms with E-state index in [1.54, 1.807) is 14.2 Å². The summed E-state index contributed by atoms with van der Waals surface area (Å²) >= 11 is 0. The van der Waals surface area contributed by atoms with Crippen LogP contribution in [0.3, 0.4) is 0 Å². The lowest BCUT2D eigenvalue weighted by atomic mass is 9.92. The maximum Gasteiger partial charge on any atom is 0.171 e. The summed E-state index contributed by atoms with van der Waals surface area (Å²) in [5.41, 5.74) is 2.05.